The molecule has 0 aliphatic carbocycles. The molecule has 1 aromatic rings. The van der Waals surface area contributed by atoms with Gasteiger partial charge in [-0.3, -0.25) is 14.4 Å². The van der Waals surface area contributed by atoms with Crippen LogP contribution in [-0.4, -0.2) is 52.4 Å². The second-order valence-corrected chi connectivity index (χ2v) is 9.69. The first kappa shape index (κ1) is 27.9. The van der Waals surface area contributed by atoms with Crippen LogP contribution >= 0.6 is 0 Å². The molecule has 4 N–H and O–H groups in total. The summed E-state index contributed by atoms with van der Waals surface area (Å²) in [5.41, 5.74) is 6.17. The van der Waals surface area contributed by atoms with Gasteiger partial charge < -0.3 is 26.0 Å². The summed E-state index contributed by atoms with van der Waals surface area (Å²) in [5.74, 6) is -1.75. The van der Waals surface area contributed by atoms with Crippen LogP contribution in [0.1, 0.15) is 72.1 Å². The van der Waals surface area contributed by atoms with Crippen LogP contribution in [0.15, 0.2) is 24.3 Å². The molecule has 0 saturated heterocycles. The number of hydrogen-bond donors (Lipinski definition) is 3. The topological polar surface area (TPSA) is 131 Å². The molecule has 0 aliphatic heterocycles. The average Bonchev–Trinajstić information content (AvgIpc) is 2.63. The summed E-state index contributed by atoms with van der Waals surface area (Å²) in [6.07, 6.45) is -1.29. The molecule has 0 saturated carbocycles. The summed E-state index contributed by atoms with van der Waals surface area (Å²) in [6, 6.07) is 4.42. The highest BCUT2D eigenvalue weighted by molar-refractivity contribution is 5.94. The van der Waals surface area contributed by atoms with E-state index in [1.54, 1.807) is 46.8 Å². The van der Waals surface area contributed by atoms with Gasteiger partial charge in [0.05, 0.1) is 6.42 Å². The fraction of sp³-hybridized carbons (Fsp3) is 0.583. The Morgan fingerprint density at radius 1 is 1.00 bits per heavy atom. The van der Waals surface area contributed by atoms with Gasteiger partial charge in [-0.05, 0) is 61.0 Å². The summed E-state index contributed by atoms with van der Waals surface area (Å²) in [6.45, 7) is 14.1. The first-order valence-electron chi connectivity index (χ1n) is 11.1. The van der Waals surface area contributed by atoms with Gasteiger partial charge in [-0.25, -0.2) is 4.79 Å². The highest BCUT2D eigenvalue weighted by Crippen LogP contribution is 2.26. The van der Waals surface area contributed by atoms with Gasteiger partial charge in [0.1, 0.15) is 17.7 Å². The molecule has 1 rings (SSSR count). The SMILES string of the molecule is Cc1ccc(C(C(=O)NC(C)C)N(C(=O)C(CC(N)=O)NC(=O)OC(C)(C)C)C(C)C)cc1. The molecule has 2 atom stereocenters. The normalized spacial score (nSPS) is 13.3. The van der Waals surface area contributed by atoms with Crippen molar-refractivity contribution < 1.29 is 23.9 Å². The van der Waals surface area contributed by atoms with Gasteiger partial charge in [0.2, 0.25) is 17.7 Å². The Kier molecular flexibility index (Phi) is 9.88. The van der Waals surface area contributed by atoms with E-state index in [9.17, 15) is 19.2 Å². The maximum atomic E-state index is 13.7. The van der Waals surface area contributed by atoms with Gasteiger partial charge in [-0.1, -0.05) is 29.8 Å². The minimum absolute atomic E-state index is 0.157. The number of nitrogens with two attached hydrogens (primary N) is 1. The fourth-order valence-electron chi connectivity index (χ4n) is 3.26. The van der Waals surface area contributed by atoms with Crippen molar-refractivity contribution in [3.05, 3.63) is 35.4 Å². The summed E-state index contributed by atoms with van der Waals surface area (Å²) in [7, 11) is 0. The second kappa shape index (κ2) is 11.7. The van der Waals surface area contributed by atoms with E-state index in [1.165, 1.54) is 4.90 Å². The van der Waals surface area contributed by atoms with Gasteiger partial charge >= 0.3 is 6.09 Å². The largest absolute Gasteiger partial charge is 0.444 e. The quantitative estimate of drug-likeness (QED) is 0.519. The number of rotatable bonds is 9. The zero-order valence-electron chi connectivity index (χ0n) is 20.9. The van der Waals surface area contributed by atoms with Gasteiger partial charge in [0, 0.05) is 12.1 Å². The van der Waals surface area contributed by atoms with Gasteiger partial charge in [-0.15, -0.1) is 0 Å². The van der Waals surface area contributed by atoms with Crippen molar-refractivity contribution in [3.63, 3.8) is 0 Å². The minimum Gasteiger partial charge on any atom is -0.444 e. The maximum Gasteiger partial charge on any atom is 0.408 e. The lowest BCUT2D eigenvalue weighted by molar-refractivity contribution is -0.145. The molecule has 0 bridgehead atoms. The lowest BCUT2D eigenvalue weighted by Gasteiger charge is -2.37. The maximum absolute atomic E-state index is 13.7. The third-order valence-corrected chi connectivity index (χ3v) is 4.56. The van der Waals surface area contributed by atoms with Crippen LogP contribution in [0, 0.1) is 6.92 Å². The second-order valence-electron chi connectivity index (χ2n) is 9.69. The highest BCUT2D eigenvalue weighted by Gasteiger charge is 2.38. The van der Waals surface area contributed by atoms with Crippen molar-refractivity contribution in [2.45, 2.75) is 91.6 Å². The number of nitrogens with one attached hydrogen (secondary N) is 2. The van der Waals surface area contributed by atoms with Crippen molar-refractivity contribution in [2.75, 3.05) is 0 Å². The van der Waals surface area contributed by atoms with Crippen molar-refractivity contribution in [1.82, 2.24) is 15.5 Å². The van der Waals surface area contributed by atoms with E-state index < -0.39 is 48.1 Å². The molecule has 1 aromatic carbocycles. The summed E-state index contributed by atoms with van der Waals surface area (Å²) in [5, 5.41) is 5.31. The van der Waals surface area contributed by atoms with Crippen LogP contribution in [0.4, 0.5) is 4.79 Å². The van der Waals surface area contributed by atoms with Gasteiger partial charge in [-0.2, -0.15) is 0 Å². The predicted molar refractivity (Wildman–Crippen MR) is 126 cm³/mol. The molecule has 33 heavy (non-hydrogen) atoms. The number of amides is 4. The molecule has 9 nitrogen and oxygen atoms in total. The van der Waals surface area contributed by atoms with Crippen LogP contribution in [0.5, 0.6) is 0 Å². The molecule has 9 heteroatoms. The molecule has 0 aliphatic rings. The van der Waals surface area contributed by atoms with Gasteiger partial charge in [0.15, 0.2) is 0 Å². The molecule has 0 spiro atoms. The van der Waals surface area contributed by atoms with Crippen LogP contribution in [0.2, 0.25) is 0 Å². The first-order valence-corrected chi connectivity index (χ1v) is 11.1. The van der Waals surface area contributed by atoms with Crippen molar-refractivity contribution >= 4 is 23.8 Å². The first-order chi connectivity index (χ1) is 15.1. The Bertz CT molecular complexity index is 843. The van der Waals surface area contributed by atoms with Gasteiger partial charge in [0.25, 0.3) is 0 Å². The minimum atomic E-state index is -1.29. The molecule has 2 unspecified atom stereocenters. The molecule has 0 fully saturated rings. The number of alkyl carbamates (subject to hydrolysis) is 1. The third kappa shape index (κ3) is 9.11. The van der Waals surface area contributed by atoms with Crippen LogP contribution < -0.4 is 16.4 Å². The Morgan fingerprint density at radius 2 is 1.55 bits per heavy atom. The van der Waals surface area contributed by atoms with Crippen molar-refractivity contribution in [3.8, 4) is 0 Å². The monoisotopic (exact) mass is 462 g/mol. The Balaban J connectivity index is 3.43. The highest BCUT2D eigenvalue weighted by atomic mass is 16.6. The molecular weight excluding hydrogens is 424 g/mol. The van der Waals surface area contributed by atoms with E-state index >= 15 is 0 Å². The summed E-state index contributed by atoms with van der Waals surface area (Å²) < 4.78 is 5.25. The van der Waals surface area contributed by atoms with E-state index in [4.69, 9.17) is 10.5 Å². The fourth-order valence-corrected chi connectivity index (χ4v) is 3.26. The molecule has 4 amide bonds. The zero-order chi connectivity index (χ0) is 25.5. The van der Waals surface area contributed by atoms with Crippen molar-refractivity contribution in [2.24, 2.45) is 5.73 Å². The predicted octanol–water partition coefficient (Wildman–Crippen LogP) is 2.57. The van der Waals surface area contributed by atoms with Crippen LogP contribution in [-0.2, 0) is 19.1 Å². The molecule has 0 heterocycles. The number of nitrogens with zero attached hydrogens (tertiary/aromatic N) is 1. The number of benzene rings is 1. The average molecular weight is 463 g/mol. The Morgan fingerprint density at radius 3 is 1.97 bits per heavy atom. The molecular formula is C24H38N4O5. The molecule has 0 aromatic heterocycles. The Hall–Kier alpha value is -3.10. The summed E-state index contributed by atoms with van der Waals surface area (Å²) >= 11 is 0. The molecule has 0 radical (unpaired) electrons. The summed E-state index contributed by atoms with van der Waals surface area (Å²) in [4.78, 5) is 52.3. The lowest BCUT2D eigenvalue weighted by atomic mass is 9.99. The van der Waals surface area contributed by atoms with Crippen LogP contribution in [0.3, 0.4) is 0 Å². The number of primary amides is 1. The van der Waals surface area contributed by atoms with Crippen molar-refractivity contribution in [1.29, 1.82) is 0 Å². The zero-order valence-corrected chi connectivity index (χ0v) is 20.9. The molecule has 184 valence electrons. The van der Waals surface area contributed by atoms with E-state index in [-0.39, 0.29) is 11.9 Å². The number of aryl methyl sites for hydroxylation is 1. The number of carbonyl (C=O) groups excluding carboxylic acids is 4. The van der Waals surface area contributed by atoms with E-state index in [2.05, 4.69) is 10.6 Å². The number of ether oxygens (including phenoxy) is 1. The lowest BCUT2D eigenvalue weighted by Crippen LogP contribution is -2.56. The number of hydrogen-bond acceptors (Lipinski definition) is 5. The van der Waals surface area contributed by atoms with Crippen LogP contribution in [0.25, 0.3) is 0 Å². The number of carbonyl (C=O) groups is 4. The van der Waals surface area contributed by atoms with E-state index in [0.29, 0.717) is 5.56 Å². The van der Waals surface area contributed by atoms with E-state index in [0.717, 1.165) is 5.56 Å². The standard InChI is InChI=1S/C24H38N4O5/c1-14(2)26-21(30)20(17-11-9-16(5)10-12-17)28(15(3)4)22(31)18(13-19(25)29)27-23(32)33-24(6,7)8/h9-12,14-15,18,20H,13H2,1-8H3,(H2,25,29)(H,26,30)(H,27,32). The Labute approximate surface area is 196 Å². The van der Waals surface area contributed by atoms with E-state index in [1.807, 2.05) is 32.9 Å². The smallest absolute Gasteiger partial charge is 0.408 e. The third-order valence-electron chi connectivity index (χ3n) is 4.56.